The van der Waals surface area contributed by atoms with Crippen molar-refractivity contribution < 1.29 is 9.59 Å². The smallest absolute Gasteiger partial charge is 0.222 e. The lowest BCUT2D eigenvalue weighted by Crippen LogP contribution is -2.32. The molecule has 0 saturated heterocycles. The largest absolute Gasteiger partial charge is 0.352 e. The molecular formula is C20H21N5O2. The van der Waals surface area contributed by atoms with Crippen LogP contribution in [0, 0.1) is 0 Å². The lowest BCUT2D eigenvalue weighted by atomic mass is 10.0. The van der Waals surface area contributed by atoms with Crippen LogP contribution in [0.25, 0.3) is 5.82 Å². The molecule has 1 unspecified atom stereocenters. The average Bonchev–Trinajstić information content (AvgIpc) is 3.21. The van der Waals surface area contributed by atoms with Crippen LogP contribution in [0.2, 0.25) is 0 Å². The van der Waals surface area contributed by atoms with Gasteiger partial charge < -0.3 is 10.6 Å². The monoisotopic (exact) mass is 363 g/mol. The molecule has 0 spiro atoms. The third kappa shape index (κ3) is 5.24. The van der Waals surface area contributed by atoms with Crippen LogP contribution in [-0.2, 0) is 16.1 Å². The second-order valence-corrected chi connectivity index (χ2v) is 6.14. The van der Waals surface area contributed by atoms with Gasteiger partial charge in [0.1, 0.15) is 12.1 Å². The van der Waals surface area contributed by atoms with Gasteiger partial charge in [-0.3, -0.25) is 14.2 Å². The van der Waals surface area contributed by atoms with Crippen molar-refractivity contribution in [1.29, 1.82) is 0 Å². The van der Waals surface area contributed by atoms with Crippen LogP contribution in [0.1, 0.15) is 30.5 Å². The van der Waals surface area contributed by atoms with Gasteiger partial charge in [-0.15, -0.1) is 0 Å². The molecule has 0 saturated carbocycles. The number of nitrogens with zero attached hydrogens (tertiary/aromatic N) is 3. The molecule has 2 amide bonds. The fourth-order valence-electron chi connectivity index (χ4n) is 2.71. The first kappa shape index (κ1) is 18.3. The Balaban J connectivity index is 1.57. The normalized spacial score (nSPS) is 11.6. The van der Waals surface area contributed by atoms with E-state index in [1.54, 1.807) is 23.3 Å². The van der Waals surface area contributed by atoms with E-state index in [1.807, 2.05) is 48.7 Å². The van der Waals surface area contributed by atoms with Crippen molar-refractivity contribution in [3.8, 4) is 5.82 Å². The van der Waals surface area contributed by atoms with Crippen molar-refractivity contribution in [2.24, 2.45) is 0 Å². The van der Waals surface area contributed by atoms with Gasteiger partial charge >= 0.3 is 0 Å². The molecule has 0 aliphatic heterocycles. The van der Waals surface area contributed by atoms with Crippen LogP contribution < -0.4 is 10.6 Å². The fraction of sp³-hybridized carbons (Fsp3) is 0.200. The highest BCUT2D eigenvalue weighted by atomic mass is 16.2. The van der Waals surface area contributed by atoms with Gasteiger partial charge in [0.25, 0.3) is 0 Å². The standard InChI is InChI=1S/C20H21N5O2/c1-15(26)24-18(17-5-3-2-4-6-17)11-20(27)23-13-16-7-8-19(22-12-16)25-10-9-21-14-25/h2-10,12,14,18H,11,13H2,1H3,(H,23,27)(H,24,26). The van der Waals surface area contributed by atoms with Crippen molar-refractivity contribution in [2.45, 2.75) is 25.9 Å². The third-order valence-electron chi connectivity index (χ3n) is 4.04. The molecule has 7 nitrogen and oxygen atoms in total. The van der Waals surface area contributed by atoms with E-state index in [1.165, 1.54) is 6.92 Å². The molecular weight excluding hydrogens is 342 g/mol. The summed E-state index contributed by atoms with van der Waals surface area (Å²) in [4.78, 5) is 32.2. The molecule has 2 N–H and O–H groups in total. The van der Waals surface area contributed by atoms with Crippen LogP contribution in [0.3, 0.4) is 0 Å². The number of rotatable bonds is 7. The molecule has 0 aliphatic carbocycles. The lowest BCUT2D eigenvalue weighted by Gasteiger charge is -2.18. The molecule has 3 rings (SSSR count). The first-order valence-electron chi connectivity index (χ1n) is 8.64. The molecule has 3 aromatic rings. The summed E-state index contributed by atoms with van der Waals surface area (Å²) >= 11 is 0. The van der Waals surface area contributed by atoms with Crippen molar-refractivity contribution >= 4 is 11.8 Å². The van der Waals surface area contributed by atoms with Gasteiger partial charge in [-0.05, 0) is 17.2 Å². The minimum atomic E-state index is -0.356. The van der Waals surface area contributed by atoms with E-state index in [0.717, 1.165) is 16.9 Å². The number of nitrogens with one attached hydrogen (secondary N) is 2. The molecule has 2 heterocycles. The minimum absolute atomic E-state index is 0.142. The fourth-order valence-corrected chi connectivity index (χ4v) is 2.71. The van der Waals surface area contributed by atoms with E-state index in [-0.39, 0.29) is 24.3 Å². The van der Waals surface area contributed by atoms with Crippen LogP contribution >= 0.6 is 0 Å². The van der Waals surface area contributed by atoms with E-state index in [4.69, 9.17) is 0 Å². The number of pyridine rings is 1. The number of carbonyl (C=O) groups is 2. The number of aromatic nitrogens is 3. The Hall–Kier alpha value is -3.48. The zero-order chi connectivity index (χ0) is 19.1. The highest BCUT2D eigenvalue weighted by molar-refractivity contribution is 5.79. The van der Waals surface area contributed by atoms with Crippen LogP contribution in [0.5, 0.6) is 0 Å². The topological polar surface area (TPSA) is 88.9 Å². The van der Waals surface area contributed by atoms with Gasteiger partial charge in [0.15, 0.2) is 0 Å². The molecule has 1 aromatic carbocycles. The van der Waals surface area contributed by atoms with E-state index < -0.39 is 0 Å². The number of hydrogen-bond acceptors (Lipinski definition) is 4. The summed E-state index contributed by atoms with van der Waals surface area (Å²) in [5.41, 5.74) is 1.79. The first-order chi connectivity index (χ1) is 13.1. The molecule has 0 radical (unpaired) electrons. The molecule has 138 valence electrons. The Bertz CT molecular complexity index is 877. The van der Waals surface area contributed by atoms with Crippen LogP contribution in [0.15, 0.2) is 67.4 Å². The van der Waals surface area contributed by atoms with E-state index >= 15 is 0 Å². The zero-order valence-corrected chi connectivity index (χ0v) is 15.0. The van der Waals surface area contributed by atoms with Gasteiger partial charge in [0.05, 0.1) is 12.5 Å². The summed E-state index contributed by atoms with van der Waals surface area (Å²) in [5.74, 6) is 0.449. The van der Waals surface area contributed by atoms with Gasteiger partial charge in [0, 0.05) is 32.1 Å². The number of benzene rings is 1. The predicted octanol–water partition coefficient (Wildman–Crippen LogP) is 2.15. The average molecular weight is 363 g/mol. The summed E-state index contributed by atoms with van der Waals surface area (Å²) in [6.45, 7) is 1.82. The van der Waals surface area contributed by atoms with E-state index in [0.29, 0.717) is 6.54 Å². The summed E-state index contributed by atoms with van der Waals surface area (Å²) in [5, 5.41) is 5.70. The van der Waals surface area contributed by atoms with Crippen molar-refractivity contribution in [2.75, 3.05) is 0 Å². The van der Waals surface area contributed by atoms with Crippen molar-refractivity contribution in [1.82, 2.24) is 25.2 Å². The van der Waals surface area contributed by atoms with Gasteiger partial charge in [-0.25, -0.2) is 9.97 Å². The number of amides is 2. The number of carbonyl (C=O) groups excluding carboxylic acids is 2. The zero-order valence-electron chi connectivity index (χ0n) is 15.0. The summed E-state index contributed by atoms with van der Waals surface area (Å²) < 4.78 is 1.81. The predicted molar refractivity (Wildman–Crippen MR) is 101 cm³/mol. The van der Waals surface area contributed by atoms with Gasteiger partial charge in [0.2, 0.25) is 11.8 Å². The van der Waals surface area contributed by atoms with Crippen molar-refractivity contribution in [3.63, 3.8) is 0 Å². The molecule has 2 aromatic heterocycles. The molecule has 7 heteroatoms. The Morgan fingerprint density at radius 1 is 1.15 bits per heavy atom. The Morgan fingerprint density at radius 2 is 1.96 bits per heavy atom. The van der Waals surface area contributed by atoms with Crippen molar-refractivity contribution in [3.05, 3.63) is 78.5 Å². The molecule has 0 bridgehead atoms. The molecule has 27 heavy (non-hydrogen) atoms. The summed E-state index contributed by atoms with van der Waals surface area (Å²) in [7, 11) is 0. The highest BCUT2D eigenvalue weighted by Crippen LogP contribution is 2.16. The summed E-state index contributed by atoms with van der Waals surface area (Å²) in [6.07, 6.45) is 7.07. The number of hydrogen-bond donors (Lipinski definition) is 2. The quantitative estimate of drug-likeness (QED) is 0.673. The Labute approximate surface area is 157 Å². The van der Waals surface area contributed by atoms with E-state index in [2.05, 4.69) is 20.6 Å². The summed E-state index contributed by atoms with van der Waals surface area (Å²) in [6, 6.07) is 12.9. The first-order valence-corrected chi connectivity index (χ1v) is 8.64. The van der Waals surface area contributed by atoms with Crippen LogP contribution in [-0.4, -0.2) is 26.3 Å². The maximum atomic E-state index is 12.3. The second kappa shape index (κ2) is 8.75. The molecule has 0 aliphatic rings. The molecule has 0 fully saturated rings. The van der Waals surface area contributed by atoms with Gasteiger partial charge in [-0.1, -0.05) is 36.4 Å². The highest BCUT2D eigenvalue weighted by Gasteiger charge is 2.16. The Kier molecular flexibility index (Phi) is 5.94. The maximum Gasteiger partial charge on any atom is 0.222 e. The Morgan fingerprint density at radius 3 is 2.59 bits per heavy atom. The molecule has 1 atom stereocenters. The number of imidazole rings is 1. The van der Waals surface area contributed by atoms with E-state index in [9.17, 15) is 9.59 Å². The minimum Gasteiger partial charge on any atom is -0.352 e. The van der Waals surface area contributed by atoms with Gasteiger partial charge in [-0.2, -0.15) is 0 Å². The van der Waals surface area contributed by atoms with Crippen LogP contribution in [0.4, 0.5) is 0 Å². The second-order valence-electron chi connectivity index (χ2n) is 6.14. The lowest BCUT2D eigenvalue weighted by molar-refractivity contribution is -0.122. The SMILES string of the molecule is CC(=O)NC(CC(=O)NCc1ccc(-n2ccnc2)nc1)c1ccccc1. The third-order valence-corrected chi connectivity index (χ3v) is 4.04. The maximum absolute atomic E-state index is 12.3.